The van der Waals surface area contributed by atoms with Crippen LogP contribution in [0.15, 0.2) is 0 Å². The summed E-state index contributed by atoms with van der Waals surface area (Å²) < 4.78 is 57.2. The molecule has 1 saturated carbocycles. The fourth-order valence-corrected chi connectivity index (χ4v) is 9.37. The Balaban J connectivity index is 1.30. The Morgan fingerprint density at radius 3 is 1.70 bits per heavy atom. The van der Waals surface area contributed by atoms with Gasteiger partial charge in [-0.3, -0.25) is 28.8 Å². The Kier molecular flexibility index (Phi) is 19.1. The van der Waals surface area contributed by atoms with Crippen LogP contribution in [-0.2, 0) is 76.1 Å². The third kappa shape index (κ3) is 12.4. The summed E-state index contributed by atoms with van der Waals surface area (Å²) in [5.74, 6) is -5.61. The minimum Gasteiger partial charge on any atom is -0.440 e. The van der Waals surface area contributed by atoms with Crippen LogP contribution in [0, 0.1) is 0 Å². The van der Waals surface area contributed by atoms with E-state index in [0.29, 0.717) is 0 Å². The van der Waals surface area contributed by atoms with Crippen LogP contribution in [0.4, 0.5) is 4.79 Å². The molecule has 6 rings (SSSR count). The number of amides is 5. The van der Waals surface area contributed by atoms with Gasteiger partial charge in [0.25, 0.3) is 5.91 Å². The predicted octanol–water partition coefficient (Wildman–Crippen LogP) is -11.2. The minimum atomic E-state index is -2.62. The minimum absolute atomic E-state index is 0.167. The average molecular weight is 1070 g/mol. The van der Waals surface area contributed by atoms with Crippen LogP contribution >= 0.6 is 0 Å². The summed E-state index contributed by atoms with van der Waals surface area (Å²) >= 11 is 0. The molecule has 0 radical (unpaired) electrons. The Bertz CT molecular complexity index is 2040. The first-order valence-corrected chi connectivity index (χ1v) is 23.1. The van der Waals surface area contributed by atoms with E-state index in [4.69, 9.17) is 58.8 Å². The van der Waals surface area contributed by atoms with Crippen LogP contribution in [-0.4, -0.2) is 270 Å². The second-order valence-electron chi connectivity index (χ2n) is 18.7. The molecule has 0 bridgehead atoms. The number of primary amides is 2. The van der Waals surface area contributed by atoms with Gasteiger partial charge in [0, 0.05) is 26.7 Å². The predicted molar refractivity (Wildman–Crippen MR) is 228 cm³/mol. The zero-order chi connectivity index (χ0) is 55.0. The van der Waals surface area contributed by atoms with E-state index in [1.54, 1.807) is 0 Å². The molecule has 25 atom stereocenters. The molecule has 0 aromatic heterocycles. The number of carbonyl (C=O) groups is 7. The molecule has 74 heavy (non-hydrogen) atoms. The van der Waals surface area contributed by atoms with Gasteiger partial charge >= 0.3 is 6.09 Å². The van der Waals surface area contributed by atoms with Crippen LogP contribution in [0.25, 0.3) is 0 Å². The first-order chi connectivity index (χ1) is 34.6. The molecule has 5 heterocycles. The number of nitrogens with two attached hydrogens (primary N) is 2. The highest BCUT2D eigenvalue weighted by Gasteiger charge is 2.61. The number of aliphatic hydroxyl groups excluding tert-OH is 10. The van der Waals surface area contributed by atoms with Crippen molar-refractivity contribution in [1.82, 2.24) is 16.0 Å². The van der Waals surface area contributed by atoms with E-state index < -0.39 is 213 Å². The van der Waals surface area contributed by atoms with Gasteiger partial charge in [-0.1, -0.05) is 0 Å². The molecule has 0 spiro atoms. The van der Waals surface area contributed by atoms with E-state index in [2.05, 4.69) is 16.0 Å². The van der Waals surface area contributed by atoms with Crippen molar-refractivity contribution in [2.75, 3.05) is 13.2 Å². The van der Waals surface area contributed by atoms with Gasteiger partial charge < -0.3 is 131 Å². The summed E-state index contributed by atoms with van der Waals surface area (Å²) in [6.45, 7) is 2.30. The number of ketones is 2. The van der Waals surface area contributed by atoms with Crippen molar-refractivity contribution in [2.45, 2.75) is 199 Å². The van der Waals surface area contributed by atoms with E-state index in [1.807, 2.05) is 0 Å². The Morgan fingerprint density at radius 2 is 1.15 bits per heavy atom. The summed E-state index contributed by atoms with van der Waals surface area (Å²) in [6, 6.07) is -5.23. The highest BCUT2D eigenvalue weighted by Crippen LogP contribution is 2.38. The molecule has 18 N–H and O–H groups in total. The van der Waals surface area contributed by atoms with Gasteiger partial charge in [-0.25, -0.2) is 4.79 Å². The third-order valence-electron chi connectivity index (χ3n) is 13.2. The monoisotopic (exact) mass is 1070 g/mol. The summed E-state index contributed by atoms with van der Waals surface area (Å²) in [7, 11) is 0. The molecule has 1 aliphatic carbocycles. The van der Waals surface area contributed by atoms with Crippen molar-refractivity contribution in [3.8, 4) is 0 Å². The normalized spacial score (nSPS) is 45.1. The number of Topliss-reactive ketones (excluding diaryl/α,β-unsaturated/α-hetero) is 2. The molecule has 12 unspecified atom stereocenters. The summed E-state index contributed by atoms with van der Waals surface area (Å²) in [5.41, 5.74) is 7.99. The van der Waals surface area contributed by atoms with Crippen LogP contribution in [0.1, 0.15) is 40.5 Å². The number of aliphatic hydroxyl groups is 11. The molecule has 5 amide bonds. The molecule has 6 aliphatic rings. The molecule has 420 valence electrons. The lowest BCUT2D eigenvalue weighted by atomic mass is 9.85. The standard InChI is InChI=1S/C41H63N5O28/c1-9-27(69-39-26(59)23(56)24(57)29(71-39)34(61)46-16-12(50)5-6-13(16)51)20(53)17(44-10(2)48)36(66-9)70-28-15(8-65-38-25(58)22(55)19(52)14(7-47)67-38)68-37(18(21(28)54)45-11(3)49)72-30-31(74-40(43)63)41(4,64)32(33(42)60)73-35(30)62/h9,14-32,35-39,47,52-59,62,64H,5-8H2,1-4H3,(H2,42,60)(H2,43,63)(H,44,48)(H,45,49)(H,46,61)/t9?,14?,15?,17?,18?,19?,20-,21-,22+,23+,24-,25?,26?,27?,28-,29?,30?,31-,32?,35+,36+,37+,38-,39-,41+/m1/s1. The van der Waals surface area contributed by atoms with Crippen LogP contribution in [0.5, 0.6) is 0 Å². The molecule has 5 aliphatic heterocycles. The van der Waals surface area contributed by atoms with Gasteiger partial charge in [0.1, 0.15) is 97.0 Å². The summed E-state index contributed by atoms with van der Waals surface area (Å²) in [4.78, 5) is 87.5. The van der Waals surface area contributed by atoms with Crippen LogP contribution in [0.2, 0.25) is 0 Å². The van der Waals surface area contributed by atoms with E-state index in [0.717, 1.165) is 20.8 Å². The third-order valence-corrected chi connectivity index (χ3v) is 13.2. The average Bonchev–Trinajstić information content (AvgIpc) is 3.63. The molecular formula is C41H63N5O28. The highest BCUT2D eigenvalue weighted by molar-refractivity contribution is 6.14. The van der Waals surface area contributed by atoms with Crippen molar-refractivity contribution in [2.24, 2.45) is 11.5 Å². The lowest BCUT2D eigenvalue weighted by Crippen LogP contribution is -2.72. The molecule has 0 aromatic carbocycles. The van der Waals surface area contributed by atoms with Gasteiger partial charge in [-0.15, -0.1) is 0 Å². The van der Waals surface area contributed by atoms with Crippen molar-refractivity contribution in [3.63, 3.8) is 0 Å². The number of nitrogens with one attached hydrogen (secondary N) is 3. The number of hydrogen-bond donors (Lipinski definition) is 16. The maximum absolute atomic E-state index is 13.2. The zero-order valence-electron chi connectivity index (χ0n) is 39.8. The SMILES string of the molecule is CC(=O)NC1[C@H](O[C@@H]2C(CO[C@@H]3OC(CO)C(O)[C@H](O)C3O)O[C@@H](OC3[C@@H](OC(N)=O)[C@](C)(O)C(C(N)=O)O[C@@H]3O)C(NC(C)=O)[C@H]2O)OC(C)C(O[C@@H]2OC(C(=O)NC3C(=O)CCC3=O)[C@H](O)[C@H](O)C2O)[C@@H]1O. The lowest BCUT2D eigenvalue weighted by molar-refractivity contribution is -0.376. The van der Waals surface area contributed by atoms with E-state index in [1.165, 1.54) is 6.92 Å². The fraction of sp³-hybridized carbons (Fsp3) is 0.829. The molecule has 5 saturated heterocycles. The molecule has 6 fully saturated rings. The highest BCUT2D eigenvalue weighted by atomic mass is 16.8. The van der Waals surface area contributed by atoms with Gasteiger partial charge in [-0.05, 0) is 13.8 Å². The Hall–Kier alpha value is -4.31. The maximum Gasteiger partial charge on any atom is 0.404 e. The summed E-state index contributed by atoms with van der Waals surface area (Å²) in [6.07, 6.45) is -45.6. The number of rotatable bonds is 16. The van der Waals surface area contributed by atoms with Gasteiger partial charge in [-0.2, -0.15) is 0 Å². The van der Waals surface area contributed by atoms with Gasteiger partial charge in [0.05, 0.1) is 19.3 Å². The molecule has 33 nitrogen and oxygen atoms in total. The topological polar surface area (TPSA) is 522 Å². The largest absolute Gasteiger partial charge is 0.440 e. The number of carbonyl (C=O) groups excluding carboxylic acids is 7. The van der Waals surface area contributed by atoms with E-state index >= 15 is 0 Å². The van der Waals surface area contributed by atoms with E-state index in [9.17, 15) is 89.7 Å². The summed E-state index contributed by atoms with van der Waals surface area (Å²) in [5, 5.41) is 127. The van der Waals surface area contributed by atoms with Gasteiger partial charge in [0.2, 0.25) is 17.7 Å². The van der Waals surface area contributed by atoms with Gasteiger partial charge in [0.15, 0.2) is 67.4 Å². The van der Waals surface area contributed by atoms with Crippen LogP contribution in [0.3, 0.4) is 0 Å². The van der Waals surface area contributed by atoms with Crippen LogP contribution < -0.4 is 27.4 Å². The van der Waals surface area contributed by atoms with Crippen molar-refractivity contribution in [1.29, 1.82) is 0 Å². The number of hydrogen-bond acceptors (Lipinski definition) is 28. The first kappa shape index (κ1) is 58.9. The molecule has 33 heteroatoms. The lowest BCUT2D eigenvalue weighted by Gasteiger charge is -2.51. The number of ether oxygens (including phenoxy) is 10. The van der Waals surface area contributed by atoms with Crippen molar-refractivity contribution >= 4 is 41.3 Å². The molecular weight excluding hydrogens is 1010 g/mol. The smallest absolute Gasteiger partial charge is 0.404 e. The second kappa shape index (κ2) is 23.9. The molecule has 0 aromatic rings. The Labute approximate surface area is 418 Å². The Morgan fingerprint density at radius 1 is 0.635 bits per heavy atom. The van der Waals surface area contributed by atoms with E-state index in [-0.39, 0.29) is 12.8 Å². The fourth-order valence-electron chi connectivity index (χ4n) is 9.37. The maximum atomic E-state index is 13.2. The van der Waals surface area contributed by atoms with Crippen molar-refractivity contribution in [3.05, 3.63) is 0 Å². The first-order valence-electron chi connectivity index (χ1n) is 23.1. The zero-order valence-corrected chi connectivity index (χ0v) is 39.8. The second-order valence-corrected chi connectivity index (χ2v) is 18.7. The quantitative estimate of drug-likeness (QED) is 0.0638. The van der Waals surface area contributed by atoms with Crippen molar-refractivity contribution < 1.29 is 137 Å².